The Balaban J connectivity index is 2.55. The molecule has 0 atom stereocenters. The third-order valence-electron chi connectivity index (χ3n) is 1.91. The third-order valence-corrected chi connectivity index (χ3v) is 2.20. The Kier molecular flexibility index (Phi) is 2.45. The van der Waals surface area contributed by atoms with Crippen molar-refractivity contribution in [3.05, 3.63) is 36.2 Å². The number of alkyl halides is 1. The molecule has 0 unspecified atom stereocenters. The monoisotopic (exact) mass is 208 g/mol. The number of nitrogens with zero attached hydrogens (tertiary/aromatic N) is 4. The first-order valence-electron chi connectivity index (χ1n) is 4.18. The van der Waals surface area contributed by atoms with Gasteiger partial charge in [0.25, 0.3) is 0 Å². The lowest BCUT2D eigenvalue weighted by molar-refractivity contribution is 0.862. The molecule has 0 N–H and O–H groups in total. The fourth-order valence-electron chi connectivity index (χ4n) is 1.22. The molecule has 0 fully saturated rings. The van der Waals surface area contributed by atoms with Crippen molar-refractivity contribution in [1.82, 2.24) is 19.7 Å². The number of rotatable bonds is 2. The molecule has 0 saturated heterocycles. The van der Waals surface area contributed by atoms with Gasteiger partial charge in [0, 0.05) is 17.5 Å². The van der Waals surface area contributed by atoms with E-state index in [4.69, 9.17) is 11.6 Å². The lowest BCUT2D eigenvalue weighted by Gasteiger charge is -2.06. The maximum absolute atomic E-state index is 5.80. The van der Waals surface area contributed by atoms with Gasteiger partial charge in [0.15, 0.2) is 0 Å². The summed E-state index contributed by atoms with van der Waals surface area (Å²) >= 11 is 5.80. The van der Waals surface area contributed by atoms with Gasteiger partial charge in [0.2, 0.25) is 0 Å². The highest BCUT2D eigenvalue weighted by molar-refractivity contribution is 6.17. The van der Waals surface area contributed by atoms with E-state index < -0.39 is 0 Å². The van der Waals surface area contributed by atoms with Crippen molar-refractivity contribution < 1.29 is 0 Å². The van der Waals surface area contributed by atoms with Crippen LogP contribution in [-0.2, 0) is 5.88 Å². The van der Waals surface area contributed by atoms with E-state index in [1.54, 1.807) is 17.2 Å². The molecule has 0 spiro atoms. The first kappa shape index (κ1) is 9.15. The fourth-order valence-corrected chi connectivity index (χ4v) is 1.43. The molecule has 0 amide bonds. The Hall–Kier alpha value is -1.42. The molecule has 2 rings (SSSR count). The second-order valence-electron chi connectivity index (χ2n) is 2.93. The predicted molar refractivity (Wildman–Crippen MR) is 53.4 cm³/mol. The number of pyridine rings is 1. The average molecular weight is 209 g/mol. The molecule has 14 heavy (non-hydrogen) atoms. The maximum Gasteiger partial charge on any atom is 0.138 e. The molecule has 0 aliphatic heterocycles. The summed E-state index contributed by atoms with van der Waals surface area (Å²) in [6.07, 6.45) is 4.90. The highest BCUT2D eigenvalue weighted by Crippen LogP contribution is 2.15. The molecule has 2 heterocycles. The Bertz CT molecular complexity index is 424. The number of aryl methyl sites for hydroxylation is 1. The van der Waals surface area contributed by atoms with Crippen molar-refractivity contribution >= 4 is 11.6 Å². The van der Waals surface area contributed by atoms with Crippen molar-refractivity contribution in [3.63, 3.8) is 0 Å². The van der Waals surface area contributed by atoms with Gasteiger partial charge in [-0.1, -0.05) is 0 Å². The normalized spacial score (nSPS) is 10.4. The second kappa shape index (κ2) is 3.75. The van der Waals surface area contributed by atoms with Gasteiger partial charge < -0.3 is 0 Å². The van der Waals surface area contributed by atoms with Crippen LogP contribution in [0, 0.1) is 6.92 Å². The minimum atomic E-state index is 0.419. The highest BCUT2D eigenvalue weighted by Gasteiger charge is 2.05. The van der Waals surface area contributed by atoms with Crippen LogP contribution in [0.25, 0.3) is 5.69 Å². The molecule has 0 aliphatic rings. The zero-order chi connectivity index (χ0) is 9.97. The molecule has 0 aliphatic carbocycles. The Labute approximate surface area is 86.6 Å². The van der Waals surface area contributed by atoms with E-state index in [0.29, 0.717) is 5.88 Å². The SMILES string of the molecule is Cc1cc(-n2cncn2)c(CCl)cn1. The Morgan fingerprint density at radius 1 is 1.50 bits per heavy atom. The van der Waals surface area contributed by atoms with Crippen LogP contribution in [0.1, 0.15) is 11.3 Å². The Morgan fingerprint density at radius 2 is 2.36 bits per heavy atom. The fraction of sp³-hybridized carbons (Fsp3) is 0.222. The standard InChI is InChI=1S/C9H9ClN4/c1-7-2-9(8(3-10)4-12-7)14-6-11-5-13-14/h2,4-6H,3H2,1H3. The molecule has 2 aromatic rings. The summed E-state index contributed by atoms with van der Waals surface area (Å²) in [5, 5.41) is 4.06. The highest BCUT2D eigenvalue weighted by atomic mass is 35.5. The van der Waals surface area contributed by atoms with E-state index in [-0.39, 0.29) is 0 Å². The number of hydrogen-bond donors (Lipinski definition) is 0. The zero-order valence-electron chi connectivity index (χ0n) is 7.68. The van der Waals surface area contributed by atoms with Gasteiger partial charge in [0.05, 0.1) is 11.6 Å². The van der Waals surface area contributed by atoms with Gasteiger partial charge >= 0.3 is 0 Å². The summed E-state index contributed by atoms with van der Waals surface area (Å²) in [7, 11) is 0. The molecule has 0 saturated carbocycles. The van der Waals surface area contributed by atoms with Crippen LogP contribution in [-0.4, -0.2) is 19.7 Å². The van der Waals surface area contributed by atoms with Crippen molar-refractivity contribution in [1.29, 1.82) is 0 Å². The molecule has 0 aromatic carbocycles. The largest absolute Gasteiger partial charge is 0.261 e. The maximum atomic E-state index is 5.80. The van der Waals surface area contributed by atoms with Gasteiger partial charge in [-0.15, -0.1) is 11.6 Å². The summed E-state index contributed by atoms with van der Waals surface area (Å²) in [4.78, 5) is 8.07. The molecule has 5 heteroatoms. The molecule has 0 radical (unpaired) electrons. The van der Waals surface area contributed by atoms with Gasteiger partial charge in [0.1, 0.15) is 12.7 Å². The van der Waals surface area contributed by atoms with Crippen LogP contribution in [0.5, 0.6) is 0 Å². The molecule has 2 aromatic heterocycles. The van der Waals surface area contributed by atoms with Crippen molar-refractivity contribution in [3.8, 4) is 5.69 Å². The van der Waals surface area contributed by atoms with E-state index in [1.165, 1.54) is 6.33 Å². The van der Waals surface area contributed by atoms with E-state index >= 15 is 0 Å². The molecule has 4 nitrogen and oxygen atoms in total. The van der Waals surface area contributed by atoms with Crippen LogP contribution in [0.2, 0.25) is 0 Å². The topological polar surface area (TPSA) is 43.6 Å². The Morgan fingerprint density at radius 3 is 3.00 bits per heavy atom. The van der Waals surface area contributed by atoms with Crippen LogP contribution in [0.3, 0.4) is 0 Å². The van der Waals surface area contributed by atoms with Gasteiger partial charge in [-0.2, -0.15) is 5.10 Å². The van der Waals surface area contributed by atoms with E-state index in [2.05, 4.69) is 15.1 Å². The van der Waals surface area contributed by atoms with Crippen LogP contribution in [0.15, 0.2) is 24.9 Å². The molecule has 72 valence electrons. The second-order valence-corrected chi connectivity index (χ2v) is 3.20. The number of hydrogen-bond acceptors (Lipinski definition) is 3. The minimum Gasteiger partial charge on any atom is -0.261 e. The zero-order valence-corrected chi connectivity index (χ0v) is 8.44. The third kappa shape index (κ3) is 1.61. The van der Waals surface area contributed by atoms with Gasteiger partial charge in [-0.3, -0.25) is 4.98 Å². The summed E-state index contributed by atoms with van der Waals surface area (Å²) in [6.45, 7) is 1.93. The van der Waals surface area contributed by atoms with Crippen LogP contribution in [0.4, 0.5) is 0 Å². The molecular weight excluding hydrogens is 200 g/mol. The lowest BCUT2D eigenvalue weighted by atomic mass is 10.2. The minimum absolute atomic E-state index is 0.419. The first-order valence-corrected chi connectivity index (χ1v) is 4.71. The summed E-state index contributed by atoms with van der Waals surface area (Å²) in [5.41, 5.74) is 2.82. The summed E-state index contributed by atoms with van der Waals surface area (Å²) in [5.74, 6) is 0.419. The number of aromatic nitrogens is 4. The quantitative estimate of drug-likeness (QED) is 0.706. The van der Waals surface area contributed by atoms with Crippen LogP contribution < -0.4 is 0 Å². The van der Waals surface area contributed by atoms with Crippen molar-refractivity contribution in [2.45, 2.75) is 12.8 Å². The lowest BCUT2D eigenvalue weighted by Crippen LogP contribution is -2.00. The van der Waals surface area contributed by atoms with Gasteiger partial charge in [-0.05, 0) is 13.0 Å². The predicted octanol–water partition coefficient (Wildman–Crippen LogP) is 1.71. The van der Waals surface area contributed by atoms with Crippen molar-refractivity contribution in [2.24, 2.45) is 0 Å². The van der Waals surface area contributed by atoms with Gasteiger partial charge in [-0.25, -0.2) is 9.67 Å². The number of halogens is 1. The first-order chi connectivity index (χ1) is 6.81. The summed E-state index contributed by atoms with van der Waals surface area (Å²) in [6, 6.07) is 1.94. The average Bonchev–Trinajstić information content (AvgIpc) is 2.70. The molecule has 0 bridgehead atoms. The van der Waals surface area contributed by atoms with E-state index in [9.17, 15) is 0 Å². The van der Waals surface area contributed by atoms with E-state index in [1.807, 2.05) is 13.0 Å². The van der Waals surface area contributed by atoms with Crippen molar-refractivity contribution in [2.75, 3.05) is 0 Å². The smallest absolute Gasteiger partial charge is 0.138 e. The van der Waals surface area contributed by atoms with E-state index in [0.717, 1.165) is 16.9 Å². The summed E-state index contributed by atoms with van der Waals surface area (Å²) < 4.78 is 1.69. The van der Waals surface area contributed by atoms with Crippen LogP contribution >= 0.6 is 11.6 Å². The molecular formula is C9H9ClN4.